The predicted molar refractivity (Wildman–Crippen MR) is 43.0 cm³/mol. The molecule has 0 saturated carbocycles. The molecule has 0 aliphatic carbocycles. The Morgan fingerprint density at radius 2 is 2.23 bits per heavy atom. The van der Waals surface area contributed by atoms with Gasteiger partial charge in [-0.3, -0.25) is 0 Å². The average Bonchev–Trinajstić information content (AvgIpc) is 2.59. The summed E-state index contributed by atoms with van der Waals surface area (Å²) in [6, 6.07) is 0. The van der Waals surface area contributed by atoms with Crippen molar-refractivity contribution in [3.63, 3.8) is 0 Å². The molecule has 2 aromatic heterocycles. The molecule has 0 spiro atoms. The summed E-state index contributed by atoms with van der Waals surface area (Å²) in [4.78, 5) is 25.4. The molecule has 2 aromatic rings. The lowest BCUT2D eigenvalue weighted by Gasteiger charge is -1.89. The summed E-state index contributed by atoms with van der Waals surface area (Å²) in [7, 11) is 1.29. The summed E-state index contributed by atoms with van der Waals surface area (Å²) in [5.74, 6) is -0.413. The van der Waals surface area contributed by atoms with Crippen LogP contribution >= 0.6 is 0 Å². The molecule has 0 bridgehead atoms. The summed E-state index contributed by atoms with van der Waals surface area (Å²) in [5.41, 5.74) is 0.880. The van der Waals surface area contributed by atoms with Gasteiger partial charge >= 0.3 is 5.97 Å². The fraction of sp³-hybridized carbons (Fsp3) is 0.143. The lowest BCUT2D eigenvalue weighted by atomic mass is 10.6. The molecule has 0 amide bonds. The fourth-order valence-corrected chi connectivity index (χ4v) is 0.940. The molecule has 0 atom stereocenters. The van der Waals surface area contributed by atoms with E-state index in [1.165, 1.54) is 19.5 Å². The first-order valence-electron chi connectivity index (χ1n) is 3.56. The van der Waals surface area contributed by atoms with E-state index in [-0.39, 0.29) is 5.82 Å². The van der Waals surface area contributed by atoms with Crippen molar-refractivity contribution in [1.29, 1.82) is 0 Å². The van der Waals surface area contributed by atoms with E-state index >= 15 is 0 Å². The van der Waals surface area contributed by atoms with E-state index in [0.717, 1.165) is 0 Å². The molecule has 6 heteroatoms. The van der Waals surface area contributed by atoms with Crippen molar-refractivity contribution in [3.8, 4) is 0 Å². The van der Waals surface area contributed by atoms with Gasteiger partial charge in [0.25, 0.3) is 0 Å². The number of carbonyl (C=O) groups excluding carboxylic acids is 1. The number of nitrogens with zero attached hydrogens (tertiary/aromatic N) is 3. The standard InChI is InChI=1S/C7H6N4O2/c1-13-7(12)6-10-4-5(11-6)9-3-2-8-4/h2-3H,1H3,(H,8,9,10,11). The van der Waals surface area contributed by atoms with Gasteiger partial charge in [0.2, 0.25) is 5.82 Å². The second-order valence-electron chi connectivity index (χ2n) is 2.31. The third-order valence-electron chi connectivity index (χ3n) is 1.51. The number of hydrogen-bond donors (Lipinski definition) is 1. The molecular formula is C7H6N4O2. The Bertz CT molecular complexity index is 417. The van der Waals surface area contributed by atoms with Crippen LogP contribution in [-0.4, -0.2) is 33.0 Å². The fourth-order valence-electron chi connectivity index (χ4n) is 0.940. The van der Waals surface area contributed by atoms with Gasteiger partial charge in [-0.15, -0.1) is 0 Å². The zero-order valence-corrected chi connectivity index (χ0v) is 6.81. The molecule has 0 saturated heterocycles. The molecule has 0 aliphatic rings. The largest absolute Gasteiger partial charge is 0.463 e. The van der Waals surface area contributed by atoms with Gasteiger partial charge in [0.15, 0.2) is 11.3 Å². The highest BCUT2D eigenvalue weighted by atomic mass is 16.5. The smallest absolute Gasteiger partial charge is 0.374 e. The van der Waals surface area contributed by atoms with Crippen molar-refractivity contribution in [2.75, 3.05) is 7.11 Å². The van der Waals surface area contributed by atoms with Crippen LogP contribution < -0.4 is 0 Å². The second-order valence-corrected chi connectivity index (χ2v) is 2.31. The quantitative estimate of drug-likeness (QED) is 0.628. The van der Waals surface area contributed by atoms with Crippen LogP contribution in [0.1, 0.15) is 10.6 Å². The van der Waals surface area contributed by atoms with Crippen LogP contribution in [0.4, 0.5) is 0 Å². The topological polar surface area (TPSA) is 80.8 Å². The Balaban J connectivity index is 2.56. The van der Waals surface area contributed by atoms with E-state index in [9.17, 15) is 4.79 Å². The van der Waals surface area contributed by atoms with E-state index in [1.54, 1.807) is 0 Å². The van der Waals surface area contributed by atoms with Crippen molar-refractivity contribution in [2.45, 2.75) is 0 Å². The van der Waals surface area contributed by atoms with Crippen molar-refractivity contribution < 1.29 is 9.53 Å². The molecule has 2 rings (SSSR count). The number of fused-ring (bicyclic) bond motifs is 1. The minimum Gasteiger partial charge on any atom is -0.463 e. The lowest BCUT2D eigenvalue weighted by Crippen LogP contribution is -2.02. The molecule has 0 fully saturated rings. The number of aromatic amines is 1. The number of nitrogens with one attached hydrogen (secondary N) is 1. The van der Waals surface area contributed by atoms with Crippen molar-refractivity contribution in [1.82, 2.24) is 19.9 Å². The first-order chi connectivity index (χ1) is 6.31. The van der Waals surface area contributed by atoms with Crippen LogP contribution in [0, 0.1) is 0 Å². The maximum absolute atomic E-state index is 11.0. The highest BCUT2D eigenvalue weighted by molar-refractivity contribution is 5.88. The Kier molecular flexibility index (Phi) is 1.66. The number of H-pyrrole nitrogens is 1. The SMILES string of the molecule is COC(=O)c1nc2nccnc2[nH]1. The first kappa shape index (κ1) is 7.66. The van der Waals surface area contributed by atoms with Gasteiger partial charge in [-0.2, -0.15) is 0 Å². The van der Waals surface area contributed by atoms with Crippen LogP contribution in [0.2, 0.25) is 0 Å². The summed E-state index contributed by atoms with van der Waals surface area (Å²) in [6.45, 7) is 0. The molecule has 0 unspecified atom stereocenters. The molecule has 6 nitrogen and oxygen atoms in total. The minimum atomic E-state index is -0.528. The summed E-state index contributed by atoms with van der Waals surface area (Å²) < 4.78 is 4.48. The van der Waals surface area contributed by atoms with Crippen LogP contribution in [0.5, 0.6) is 0 Å². The summed E-state index contributed by atoms with van der Waals surface area (Å²) >= 11 is 0. The number of ether oxygens (including phenoxy) is 1. The van der Waals surface area contributed by atoms with E-state index in [0.29, 0.717) is 11.3 Å². The average molecular weight is 178 g/mol. The Morgan fingerprint density at radius 1 is 1.46 bits per heavy atom. The van der Waals surface area contributed by atoms with Crippen LogP contribution in [-0.2, 0) is 4.74 Å². The lowest BCUT2D eigenvalue weighted by molar-refractivity contribution is 0.0588. The monoisotopic (exact) mass is 178 g/mol. The second kappa shape index (κ2) is 2.81. The van der Waals surface area contributed by atoms with E-state index in [2.05, 4.69) is 24.7 Å². The number of hydrogen-bond acceptors (Lipinski definition) is 5. The highest BCUT2D eigenvalue weighted by Crippen LogP contribution is 2.04. The van der Waals surface area contributed by atoms with Gasteiger partial charge in [0.1, 0.15) is 0 Å². The van der Waals surface area contributed by atoms with Gasteiger partial charge in [-0.25, -0.2) is 19.7 Å². The molecule has 0 radical (unpaired) electrons. The normalized spacial score (nSPS) is 10.2. The molecule has 1 N–H and O–H groups in total. The number of imidazole rings is 1. The third-order valence-corrected chi connectivity index (χ3v) is 1.51. The van der Waals surface area contributed by atoms with Crippen LogP contribution in [0.15, 0.2) is 12.4 Å². The van der Waals surface area contributed by atoms with Crippen LogP contribution in [0.3, 0.4) is 0 Å². The minimum absolute atomic E-state index is 0.115. The van der Waals surface area contributed by atoms with Gasteiger partial charge in [-0.1, -0.05) is 0 Å². The Labute approximate surface area is 73.0 Å². The third kappa shape index (κ3) is 1.22. The Morgan fingerprint density at radius 3 is 2.92 bits per heavy atom. The van der Waals surface area contributed by atoms with Crippen molar-refractivity contribution in [3.05, 3.63) is 18.2 Å². The molecule has 0 aromatic carbocycles. The predicted octanol–water partition coefficient (Wildman–Crippen LogP) is 0.140. The van der Waals surface area contributed by atoms with Gasteiger partial charge < -0.3 is 9.72 Å². The summed E-state index contributed by atoms with van der Waals surface area (Å²) in [5, 5.41) is 0. The first-order valence-corrected chi connectivity index (χ1v) is 3.56. The number of esters is 1. The van der Waals surface area contributed by atoms with E-state index < -0.39 is 5.97 Å². The van der Waals surface area contributed by atoms with Crippen molar-refractivity contribution in [2.24, 2.45) is 0 Å². The number of carbonyl (C=O) groups is 1. The molecule has 0 aliphatic heterocycles. The number of methoxy groups -OCH3 is 1. The Hall–Kier alpha value is -1.98. The maximum atomic E-state index is 11.0. The number of rotatable bonds is 1. The maximum Gasteiger partial charge on any atom is 0.374 e. The zero-order chi connectivity index (χ0) is 9.26. The van der Waals surface area contributed by atoms with Gasteiger partial charge in [0.05, 0.1) is 7.11 Å². The molecule has 66 valence electrons. The molecular weight excluding hydrogens is 172 g/mol. The number of aromatic nitrogens is 4. The zero-order valence-electron chi connectivity index (χ0n) is 6.81. The van der Waals surface area contributed by atoms with Crippen molar-refractivity contribution >= 4 is 17.3 Å². The van der Waals surface area contributed by atoms with Gasteiger partial charge in [0, 0.05) is 12.4 Å². The molecule has 13 heavy (non-hydrogen) atoms. The van der Waals surface area contributed by atoms with E-state index in [4.69, 9.17) is 0 Å². The summed E-state index contributed by atoms with van der Waals surface area (Å²) in [6.07, 6.45) is 3.02. The highest BCUT2D eigenvalue weighted by Gasteiger charge is 2.11. The molecule has 2 heterocycles. The van der Waals surface area contributed by atoms with Gasteiger partial charge in [-0.05, 0) is 0 Å². The van der Waals surface area contributed by atoms with E-state index in [1.807, 2.05) is 0 Å². The van der Waals surface area contributed by atoms with Crippen LogP contribution in [0.25, 0.3) is 11.3 Å².